The van der Waals surface area contributed by atoms with Gasteiger partial charge in [0.1, 0.15) is 24.2 Å². The molecule has 13 heteroatoms. The van der Waals surface area contributed by atoms with Gasteiger partial charge in [0.15, 0.2) is 0 Å². The van der Waals surface area contributed by atoms with E-state index in [0.29, 0.717) is 12.1 Å². The van der Waals surface area contributed by atoms with Crippen molar-refractivity contribution < 1.29 is 29.4 Å². The predicted molar refractivity (Wildman–Crippen MR) is 114 cm³/mol. The smallest absolute Gasteiger partial charge is 0.326 e. The number of H-pyrrole nitrogens is 1. The molecule has 1 rings (SSSR count). The average molecular weight is 459 g/mol. The molecule has 0 fully saturated rings. The molecule has 8 N–H and O–H groups in total. The van der Waals surface area contributed by atoms with E-state index in [1.807, 2.05) is 0 Å². The SMILES string of the molecule is CCC(C)C(NC(=O)C(CS)NC(=O)C(Cc1cnc[nH]1)NC(=O)C(N)CO)C(=O)O. The van der Waals surface area contributed by atoms with Gasteiger partial charge in [0.05, 0.1) is 12.9 Å². The first kappa shape index (κ1) is 26.4. The minimum Gasteiger partial charge on any atom is -0.480 e. The number of rotatable bonds is 13. The lowest BCUT2D eigenvalue weighted by molar-refractivity contribution is -0.143. The van der Waals surface area contributed by atoms with Crippen LogP contribution < -0.4 is 21.7 Å². The van der Waals surface area contributed by atoms with E-state index < -0.39 is 54.5 Å². The van der Waals surface area contributed by atoms with E-state index in [1.54, 1.807) is 13.8 Å². The highest BCUT2D eigenvalue weighted by molar-refractivity contribution is 7.80. The summed E-state index contributed by atoms with van der Waals surface area (Å²) in [5, 5.41) is 25.7. The van der Waals surface area contributed by atoms with E-state index in [4.69, 9.17) is 10.8 Å². The first-order chi connectivity index (χ1) is 14.6. The topological polar surface area (TPSA) is 200 Å². The van der Waals surface area contributed by atoms with Gasteiger partial charge in [-0.1, -0.05) is 20.3 Å². The molecule has 12 nitrogen and oxygen atoms in total. The standard InChI is InChI=1S/C18H30N6O6S/c1-3-9(2)14(18(29)30)24-17(28)13(7-31)23-16(27)12(4-10-5-20-8-21-10)22-15(26)11(19)6-25/h5,8-9,11-14,25,31H,3-4,6-7,19H2,1-2H3,(H,20,21)(H,22,26)(H,23,27)(H,24,28)(H,29,30). The highest BCUT2D eigenvalue weighted by Crippen LogP contribution is 2.09. The molecule has 0 aliphatic carbocycles. The van der Waals surface area contributed by atoms with Crippen LogP contribution in [0.1, 0.15) is 26.0 Å². The zero-order chi connectivity index (χ0) is 23.6. The van der Waals surface area contributed by atoms with Crippen LogP contribution in [0.2, 0.25) is 0 Å². The molecule has 0 saturated heterocycles. The highest BCUT2D eigenvalue weighted by atomic mass is 32.1. The molecular formula is C18H30N6O6S. The maximum Gasteiger partial charge on any atom is 0.326 e. The van der Waals surface area contributed by atoms with Gasteiger partial charge in [0, 0.05) is 24.1 Å². The van der Waals surface area contributed by atoms with E-state index in [0.717, 1.165) is 0 Å². The van der Waals surface area contributed by atoms with Gasteiger partial charge in [-0.25, -0.2) is 9.78 Å². The second kappa shape index (κ2) is 12.9. The Bertz CT molecular complexity index is 746. The predicted octanol–water partition coefficient (Wildman–Crippen LogP) is -2.21. The Morgan fingerprint density at radius 3 is 2.26 bits per heavy atom. The van der Waals surface area contributed by atoms with Crippen molar-refractivity contribution in [3.63, 3.8) is 0 Å². The summed E-state index contributed by atoms with van der Waals surface area (Å²) in [5.41, 5.74) is 6.03. The normalized spacial score (nSPS) is 15.8. The second-order valence-electron chi connectivity index (χ2n) is 7.08. The van der Waals surface area contributed by atoms with E-state index in [9.17, 15) is 24.3 Å². The summed E-state index contributed by atoms with van der Waals surface area (Å²) in [6.45, 7) is 2.87. The molecule has 1 heterocycles. The van der Waals surface area contributed by atoms with Crippen LogP contribution in [0.15, 0.2) is 12.5 Å². The molecule has 0 aliphatic heterocycles. The fourth-order valence-electron chi connectivity index (χ4n) is 2.59. The average Bonchev–Trinajstić information content (AvgIpc) is 3.26. The van der Waals surface area contributed by atoms with E-state index >= 15 is 0 Å². The fraction of sp³-hybridized carbons (Fsp3) is 0.611. The third kappa shape index (κ3) is 8.19. The van der Waals surface area contributed by atoms with Crippen molar-refractivity contribution in [2.75, 3.05) is 12.4 Å². The molecular weight excluding hydrogens is 428 g/mol. The minimum atomic E-state index is -1.23. The molecule has 174 valence electrons. The Kier molecular flexibility index (Phi) is 11.0. The number of aliphatic carboxylic acids is 1. The molecule has 0 aromatic carbocycles. The number of carbonyl (C=O) groups excluding carboxylic acids is 3. The Balaban J connectivity index is 2.92. The number of aromatic nitrogens is 2. The number of carboxylic acid groups (broad SMARTS) is 1. The van der Waals surface area contributed by atoms with Crippen LogP contribution in [0.3, 0.4) is 0 Å². The highest BCUT2D eigenvalue weighted by Gasteiger charge is 2.31. The number of hydrogen-bond donors (Lipinski definition) is 8. The maximum absolute atomic E-state index is 12.8. The first-order valence-corrected chi connectivity index (χ1v) is 10.4. The number of nitrogens with zero attached hydrogens (tertiary/aromatic N) is 1. The van der Waals surface area contributed by atoms with Gasteiger partial charge in [-0.2, -0.15) is 12.6 Å². The quantitative estimate of drug-likeness (QED) is 0.152. The van der Waals surface area contributed by atoms with Gasteiger partial charge >= 0.3 is 5.97 Å². The summed E-state index contributed by atoms with van der Waals surface area (Å²) < 4.78 is 0. The molecule has 31 heavy (non-hydrogen) atoms. The molecule has 5 unspecified atom stereocenters. The number of hydrogen-bond acceptors (Lipinski definition) is 8. The zero-order valence-corrected chi connectivity index (χ0v) is 18.3. The van der Waals surface area contributed by atoms with E-state index in [-0.39, 0.29) is 18.1 Å². The lowest BCUT2D eigenvalue weighted by atomic mass is 9.99. The number of carbonyl (C=O) groups is 4. The van der Waals surface area contributed by atoms with Gasteiger partial charge in [-0.05, 0) is 5.92 Å². The third-order valence-corrected chi connectivity index (χ3v) is 5.10. The molecule has 0 aliphatic rings. The van der Waals surface area contributed by atoms with E-state index in [2.05, 4.69) is 38.5 Å². The number of aliphatic hydroxyl groups excluding tert-OH is 1. The van der Waals surface area contributed by atoms with Crippen molar-refractivity contribution in [2.24, 2.45) is 11.7 Å². The van der Waals surface area contributed by atoms with E-state index in [1.165, 1.54) is 12.5 Å². The van der Waals surface area contributed by atoms with Crippen LogP contribution in [-0.2, 0) is 25.6 Å². The number of aromatic amines is 1. The largest absolute Gasteiger partial charge is 0.480 e. The van der Waals surface area contributed by atoms with Crippen LogP contribution in [0.4, 0.5) is 0 Å². The van der Waals surface area contributed by atoms with Gasteiger partial charge in [0.25, 0.3) is 0 Å². The number of thiol groups is 1. The van der Waals surface area contributed by atoms with Gasteiger partial charge in [0.2, 0.25) is 17.7 Å². The van der Waals surface area contributed by atoms with Crippen molar-refractivity contribution >= 4 is 36.3 Å². The summed E-state index contributed by atoms with van der Waals surface area (Å²) in [7, 11) is 0. The van der Waals surface area contributed by atoms with Gasteiger partial charge in [-0.15, -0.1) is 0 Å². The molecule has 0 radical (unpaired) electrons. The summed E-state index contributed by atoms with van der Waals surface area (Å²) >= 11 is 4.07. The van der Waals surface area contributed by atoms with Crippen molar-refractivity contribution in [1.82, 2.24) is 25.9 Å². The summed E-state index contributed by atoms with van der Waals surface area (Å²) in [4.78, 5) is 55.6. The molecule has 5 atom stereocenters. The number of amides is 3. The Morgan fingerprint density at radius 2 is 1.77 bits per heavy atom. The molecule has 3 amide bonds. The zero-order valence-electron chi connectivity index (χ0n) is 17.4. The van der Waals surface area contributed by atoms with Crippen LogP contribution in [0.25, 0.3) is 0 Å². The summed E-state index contributed by atoms with van der Waals surface area (Å²) in [6.07, 6.45) is 3.40. The van der Waals surface area contributed by atoms with Crippen molar-refractivity contribution in [3.05, 3.63) is 18.2 Å². The fourth-order valence-corrected chi connectivity index (χ4v) is 2.85. The van der Waals surface area contributed by atoms with Crippen LogP contribution in [0.5, 0.6) is 0 Å². The van der Waals surface area contributed by atoms with Crippen molar-refractivity contribution in [3.8, 4) is 0 Å². The van der Waals surface area contributed by atoms with Crippen LogP contribution in [-0.4, -0.2) is 80.4 Å². The van der Waals surface area contributed by atoms with Crippen LogP contribution in [0, 0.1) is 5.92 Å². The number of nitrogens with one attached hydrogen (secondary N) is 4. The molecule has 1 aromatic heterocycles. The first-order valence-electron chi connectivity index (χ1n) is 9.72. The Morgan fingerprint density at radius 1 is 1.16 bits per heavy atom. The van der Waals surface area contributed by atoms with Crippen LogP contribution >= 0.6 is 12.6 Å². The molecule has 0 spiro atoms. The maximum atomic E-state index is 12.8. The second-order valence-corrected chi connectivity index (χ2v) is 7.45. The Hall–Kier alpha value is -2.64. The van der Waals surface area contributed by atoms with Crippen molar-refractivity contribution in [1.29, 1.82) is 0 Å². The van der Waals surface area contributed by atoms with Gasteiger partial charge in [-0.3, -0.25) is 14.4 Å². The minimum absolute atomic E-state index is 0.0151. The Labute approximate surface area is 185 Å². The van der Waals surface area contributed by atoms with Gasteiger partial charge < -0.3 is 36.9 Å². The number of carboxylic acids is 1. The lowest BCUT2D eigenvalue weighted by Crippen LogP contribution is -2.59. The summed E-state index contributed by atoms with van der Waals surface area (Å²) in [6, 6.07) is -4.63. The number of nitrogens with two attached hydrogens (primary N) is 1. The monoisotopic (exact) mass is 458 g/mol. The molecule has 0 saturated carbocycles. The third-order valence-electron chi connectivity index (χ3n) is 4.74. The molecule has 0 bridgehead atoms. The summed E-state index contributed by atoms with van der Waals surface area (Å²) in [5.74, 6) is -3.80. The lowest BCUT2D eigenvalue weighted by Gasteiger charge is -2.25. The van der Waals surface area contributed by atoms with Crippen molar-refractivity contribution in [2.45, 2.75) is 50.9 Å². The molecule has 1 aromatic rings. The number of aliphatic hydroxyl groups is 1. The number of imidazole rings is 1.